The number of pyridine rings is 1. The first-order valence-corrected chi connectivity index (χ1v) is 10.4. The van der Waals surface area contributed by atoms with Crippen molar-refractivity contribution in [2.24, 2.45) is 0 Å². The molecule has 1 aromatic carbocycles. The summed E-state index contributed by atoms with van der Waals surface area (Å²) in [6.07, 6.45) is 3.58. The predicted molar refractivity (Wildman–Crippen MR) is 127 cm³/mol. The highest BCUT2D eigenvalue weighted by molar-refractivity contribution is 6.99. The number of hydrogen-bond donors (Lipinski definition) is 1. The molecule has 2 aliphatic heterocycles. The molecule has 0 bridgehead atoms. The van der Waals surface area contributed by atoms with E-state index in [1.807, 2.05) is 36.4 Å². The van der Waals surface area contributed by atoms with E-state index in [-0.39, 0.29) is 30.9 Å². The third-order valence-corrected chi connectivity index (χ3v) is 5.63. The summed E-state index contributed by atoms with van der Waals surface area (Å²) in [6.45, 7) is 5.16. The number of nitrogens with one attached hydrogen (secondary N) is 1. The maximum atomic E-state index is 6.10. The minimum absolute atomic E-state index is 0. The number of anilines is 3. The molecule has 0 radical (unpaired) electrons. The van der Waals surface area contributed by atoms with Crippen LogP contribution >= 0.6 is 36.5 Å². The molecule has 0 saturated carbocycles. The molecule has 0 unspecified atom stereocenters. The largest absolute Gasteiger partial charge is 0.486 e. The maximum absolute atomic E-state index is 6.10. The molecule has 1 fully saturated rings. The van der Waals surface area contributed by atoms with Crippen molar-refractivity contribution in [1.82, 2.24) is 18.6 Å². The van der Waals surface area contributed by atoms with Crippen LogP contribution in [-0.4, -0.2) is 64.1 Å². The molecular weight excluding hydrogens is 459 g/mol. The molecular formula is C20H24Cl2N6O2S. The molecule has 4 heterocycles. The van der Waals surface area contributed by atoms with E-state index in [1.165, 1.54) is 11.7 Å². The molecule has 1 atom stereocenters. The third kappa shape index (κ3) is 5.48. The van der Waals surface area contributed by atoms with Crippen molar-refractivity contribution >= 4 is 53.9 Å². The highest BCUT2D eigenvalue weighted by Crippen LogP contribution is 2.31. The van der Waals surface area contributed by atoms with Crippen LogP contribution in [0.15, 0.2) is 48.8 Å². The van der Waals surface area contributed by atoms with Gasteiger partial charge in [0, 0.05) is 50.8 Å². The number of fused-ring (bicyclic) bond motifs is 1. The third-order valence-electron chi connectivity index (χ3n) is 5.12. The van der Waals surface area contributed by atoms with Crippen LogP contribution in [0.1, 0.15) is 0 Å². The van der Waals surface area contributed by atoms with E-state index in [0.29, 0.717) is 6.61 Å². The molecule has 5 rings (SSSR count). The van der Waals surface area contributed by atoms with Crippen LogP contribution in [0.5, 0.6) is 11.5 Å². The lowest BCUT2D eigenvalue weighted by Gasteiger charge is -2.37. The van der Waals surface area contributed by atoms with E-state index in [4.69, 9.17) is 9.47 Å². The fourth-order valence-corrected chi connectivity index (χ4v) is 4.15. The Balaban J connectivity index is 0.00000136. The Kier molecular flexibility index (Phi) is 8.14. The first-order valence-electron chi connectivity index (χ1n) is 9.70. The van der Waals surface area contributed by atoms with E-state index in [0.717, 1.165) is 61.5 Å². The first-order chi connectivity index (χ1) is 14.3. The number of rotatable bonds is 5. The maximum Gasteiger partial charge on any atom is 0.188 e. The van der Waals surface area contributed by atoms with Gasteiger partial charge in [-0.15, -0.1) is 24.8 Å². The number of aromatic nitrogens is 3. The second-order valence-corrected chi connectivity index (χ2v) is 7.61. The second kappa shape index (κ2) is 10.8. The summed E-state index contributed by atoms with van der Waals surface area (Å²) in [4.78, 5) is 8.76. The Hall–Kier alpha value is -2.33. The Morgan fingerprint density at radius 3 is 2.48 bits per heavy atom. The van der Waals surface area contributed by atoms with Crippen molar-refractivity contribution in [3.63, 3.8) is 0 Å². The summed E-state index contributed by atoms with van der Waals surface area (Å²) in [7, 11) is 0. The Labute approximate surface area is 197 Å². The number of para-hydroxylation sites is 2. The lowest BCUT2D eigenvalue weighted by molar-refractivity contribution is 0.0571. The minimum Gasteiger partial charge on any atom is -0.486 e. The molecule has 1 saturated heterocycles. The van der Waals surface area contributed by atoms with Gasteiger partial charge in [-0.05, 0) is 24.3 Å². The average Bonchev–Trinajstić information content (AvgIpc) is 3.23. The molecule has 0 aliphatic carbocycles. The molecule has 11 heteroatoms. The smallest absolute Gasteiger partial charge is 0.188 e. The van der Waals surface area contributed by atoms with Gasteiger partial charge in [0.05, 0.1) is 11.7 Å². The summed E-state index contributed by atoms with van der Waals surface area (Å²) >= 11 is 1.23. The zero-order valence-electron chi connectivity index (χ0n) is 16.7. The summed E-state index contributed by atoms with van der Waals surface area (Å²) < 4.78 is 20.9. The van der Waals surface area contributed by atoms with E-state index < -0.39 is 0 Å². The van der Waals surface area contributed by atoms with Crippen LogP contribution < -0.4 is 19.7 Å². The topological polar surface area (TPSA) is 75.6 Å². The van der Waals surface area contributed by atoms with Crippen molar-refractivity contribution < 1.29 is 9.47 Å². The SMILES string of the molecule is Cl.Cl.c1ccc2c(c1)OC[C@H](CN1CCN(c3nsnc3Nc3ccncc3)CC1)O2. The summed E-state index contributed by atoms with van der Waals surface area (Å²) in [5, 5.41) is 3.34. The molecule has 2 aliphatic rings. The monoisotopic (exact) mass is 482 g/mol. The zero-order valence-corrected chi connectivity index (χ0v) is 19.2. The highest BCUT2D eigenvalue weighted by Gasteiger charge is 2.27. The predicted octanol–water partition coefficient (Wildman–Crippen LogP) is 3.48. The minimum atomic E-state index is 0. The summed E-state index contributed by atoms with van der Waals surface area (Å²) in [6, 6.07) is 11.7. The lowest BCUT2D eigenvalue weighted by Crippen LogP contribution is -2.50. The summed E-state index contributed by atoms with van der Waals surface area (Å²) in [5.74, 6) is 3.38. The fraction of sp³-hybridized carbons (Fsp3) is 0.350. The number of piperazine rings is 1. The number of hydrogen-bond acceptors (Lipinski definition) is 9. The van der Waals surface area contributed by atoms with Gasteiger partial charge in [-0.25, -0.2) is 0 Å². The first kappa shape index (κ1) is 23.3. The number of halogens is 2. The van der Waals surface area contributed by atoms with Gasteiger partial charge in [-0.3, -0.25) is 9.88 Å². The Morgan fingerprint density at radius 1 is 0.968 bits per heavy atom. The van der Waals surface area contributed by atoms with Crippen molar-refractivity contribution in [3.05, 3.63) is 48.8 Å². The lowest BCUT2D eigenvalue weighted by atomic mass is 10.2. The van der Waals surface area contributed by atoms with Crippen molar-refractivity contribution in [2.45, 2.75) is 6.10 Å². The van der Waals surface area contributed by atoms with Crippen molar-refractivity contribution in [1.29, 1.82) is 0 Å². The van der Waals surface area contributed by atoms with Crippen LogP contribution in [0.4, 0.5) is 17.3 Å². The number of ether oxygens (including phenoxy) is 2. The van der Waals surface area contributed by atoms with Gasteiger partial charge in [0.1, 0.15) is 12.7 Å². The van der Waals surface area contributed by atoms with Crippen molar-refractivity contribution in [3.8, 4) is 11.5 Å². The number of benzene rings is 1. The Morgan fingerprint density at radius 2 is 1.71 bits per heavy atom. The molecule has 8 nitrogen and oxygen atoms in total. The van der Waals surface area contributed by atoms with Crippen LogP contribution in [0, 0.1) is 0 Å². The van der Waals surface area contributed by atoms with Crippen LogP contribution in [0.25, 0.3) is 0 Å². The van der Waals surface area contributed by atoms with Crippen LogP contribution in [0.3, 0.4) is 0 Å². The van der Waals surface area contributed by atoms with E-state index in [9.17, 15) is 0 Å². The Bertz CT molecular complexity index is 956. The normalized spacial score (nSPS) is 17.9. The quantitative estimate of drug-likeness (QED) is 0.592. The average molecular weight is 483 g/mol. The standard InChI is InChI=1S/C20H22N6O2S.2ClH/c1-2-4-18-17(3-1)27-14-16(28-18)13-25-9-11-26(12-10-25)20-19(23-29-24-20)22-15-5-7-21-8-6-15;;/h1-8,16H,9-14H2,(H,21,22,23);2*1H/t16-;;/m0../s1. The molecule has 166 valence electrons. The molecule has 0 amide bonds. The van der Waals surface area contributed by atoms with Crippen LogP contribution in [0.2, 0.25) is 0 Å². The molecule has 31 heavy (non-hydrogen) atoms. The van der Waals surface area contributed by atoms with Gasteiger partial charge in [0.25, 0.3) is 0 Å². The van der Waals surface area contributed by atoms with Gasteiger partial charge in [-0.2, -0.15) is 8.75 Å². The molecule has 0 spiro atoms. The van der Waals surface area contributed by atoms with Gasteiger partial charge < -0.3 is 19.7 Å². The van der Waals surface area contributed by atoms with Crippen molar-refractivity contribution in [2.75, 3.05) is 49.5 Å². The number of nitrogens with zero attached hydrogens (tertiary/aromatic N) is 5. The second-order valence-electron chi connectivity index (χ2n) is 7.08. The van der Waals surface area contributed by atoms with E-state index in [2.05, 4.69) is 28.8 Å². The van der Waals surface area contributed by atoms with E-state index >= 15 is 0 Å². The molecule has 3 aromatic rings. The van der Waals surface area contributed by atoms with Gasteiger partial charge in [0.2, 0.25) is 0 Å². The zero-order chi connectivity index (χ0) is 19.5. The van der Waals surface area contributed by atoms with Gasteiger partial charge >= 0.3 is 0 Å². The molecule has 1 N–H and O–H groups in total. The van der Waals surface area contributed by atoms with Gasteiger partial charge in [-0.1, -0.05) is 12.1 Å². The summed E-state index contributed by atoms with van der Waals surface area (Å²) in [5.41, 5.74) is 0.960. The fourth-order valence-electron chi connectivity index (χ4n) is 3.63. The van der Waals surface area contributed by atoms with E-state index in [1.54, 1.807) is 12.4 Å². The van der Waals surface area contributed by atoms with Crippen LogP contribution in [-0.2, 0) is 0 Å². The highest BCUT2D eigenvalue weighted by atomic mass is 35.5. The molecule has 2 aromatic heterocycles. The van der Waals surface area contributed by atoms with Gasteiger partial charge in [0.15, 0.2) is 23.1 Å².